The third-order valence-corrected chi connectivity index (χ3v) is 3.30. The average molecular weight is 271 g/mol. The summed E-state index contributed by atoms with van der Waals surface area (Å²) in [6, 6.07) is 9.77. The van der Waals surface area contributed by atoms with Gasteiger partial charge < -0.3 is 4.74 Å². The van der Waals surface area contributed by atoms with Crippen molar-refractivity contribution >= 4 is 17.9 Å². The zero-order chi connectivity index (χ0) is 13.4. The van der Waals surface area contributed by atoms with E-state index >= 15 is 0 Å². The molecule has 0 aliphatic rings. The summed E-state index contributed by atoms with van der Waals surface area (Å²) in [4.78, 5) is 4.37. The van der Waals surface area contributed by atoms with Gasteiger partial charge in [0.2, 0.25) is 0 Å². The molecule has 3 aromatic rings. The highest BCUT2D eigenvalue weighted by Crippen LogP contribution is 2.23. The lowest BCUT2D eigenvalue weighted by Crippen LogP contribution is -1.97. The van der Waals surface area contributed by atoms with Gasteiger partial charge in [-0.25, -0.2) is 9.50 Å². The maximum absolute atomic E-state index is 5.32. The molecule has 0 bridgehead atoms. The molecule has 0 fully saturated rings. The molecule has 96 valence electrons. The molecule has 0 spiro atoms. The van der Waals surface area contributed by atoms with Crippen molar-refractivity contribution in [2.24, 2.45) is 0 Å². The number of hydrogen-bond donors (Lipinski definition) is 1. The Balaban J connectivity index is 2.22. The van der Waals surface area contributed by atoms with E-state index in [1.807, 2.05) is 48.0 Å². The average Bonchev–Trinajstić information content (AvgIpc) is 2.83. The molecule has 5 heteroatoms. The van der Waals surface area contributed by atoms with Crippen LogP contribution in [-0.4, -0.2) is 21.7 Å². The van der Waals surface area contributed by atoms with Gasteiger partial charge in [0, 0.05) is 11.3 Å². The van der Waals surface area contributed by atoms with Crippen molar-refractivity contribution in [2.75, 3.05) is 7.11 Å². The van der Waals surface area contributed by atoms with Crippen LogP contribution in [0.1, 0.15) is 5.69 Å². The SMILES string of the molecule is COc1ccc(-c2cnc3c(=S)cc(C)[nH]n23)cc1. The molecule has 19 heavy (non-hydrogen) atoms. The number of aryl methyl sites for hydroxylation is 1. The van der Waals surface area contributed by atoms with E-state index in [1.54, 1.807) is 7.11 Å². The minimum Gasteiger partial charge on any atom is -0.497 e. The number of fused-ring (bicyclic) bond motifs is 1. The predicted molar refractivity (Wildman–Crippen MR) is 77.1 cm³/mol. The number of ether oxygens (including phenoxy) is 1. The van der Waals surface area contributed by atoms with Gasteiger partial charge in [0.1, 0.15) is 5.75 Å². The molecule has 0 aliphatic carbocycles. The van der Waals surface area contributed by atoms with Gasteiger partial charge >= 0.3 is 0 Å². The number of hydrogen-bond acceptors (Lipinski definition) is 3. The van der Waals surface area contributed by atoms with E-state index in [2.05, 4.69) is 10.1 Å². The monoisotopic (exact) mass is 271 g/mol. The molecule has 1 N–H and O–H groups in total. The summed E-state index contributed by atoms with van der Waals surface area (Å²) in [5.74, 6) is 0.835. The summed E-state index contributed by atoms with van der Waals surface area (Å²) in [6.07, 6.45) is 1.82. The quantitative estimate of drug-likeness (QED) is 0.727. The van der Waals surface area contributed by atoms with E-state index in [9.17, 15) is 0 Å². The largest absolute Gasteiger partial charge is 0.497 e. The fourth-order valence-corrected chi connectivity index (χ4v) is 2.39. The summed E-state index contributed by atoms with van der Waals surface area (Å²) >= 11 is 5.32. The van der Waals surface area contributed by atoms with Crippen LogP contribution in [0.2, 0.25) is 0 Å². The fourth-order valence-electron chi connectivity index (χ4n) is 2.07. The third-order valence-electron chi connectivity index (χ3n) is 3.00. The van der Waals surface area contributed by atoms with Crippen LogP contribution in [0.4, 0.5) is 0 Å². The van der Waals surface area contributed by atoms with E-state index in [0.29, 0.717) is 0 Å². The second-order valence-corrected chi connectivity index (χ2v) is 4.77. The first-order chi connectivity index (χ1) is 9.19. The lowest BCUT2D eigenvalue weighted by Gasteiger charge is -2.05. The van der Waals surface area contributed by atoms with E-state index in [1.165, 1.54) is 0 Å². The van der Waals surface area contributed by atoms with E-state index in [4.69, 9.17) is 17.0 Å². The van der Waals surface area contributed by atoms with E-state index < -0.39 is 0 Å². The summed E-state index contributed by atoms with van der Waals surface area (Å²) in [7, 11) is 1.66. The van der Waals surface area contributed by atoms with Crippen molar-refractivity contribution in [1.82, 2.24) is 14.6 Å². The fraction of sp³-hybridized carbons (Fsp3) is 0.143. The summed E-state index contributed by atoms with van der Waals surface area (Å²) in [6.45, 7) is 1.98. The number of imidazole rings is 1. The molecule has 0 amide bonds. The summed E-state index contributed by atoms with van der Waals surface area (Å²) < 4.78 is 7.83. The molecule has 0 aliphatic heterocycles. The van der Waals surface area contributed by atoms with Crippen molar-refractivity contribution in [2.45, 2.75) is 6.92 Å². The minimum absolute atomic E-state index is 0.746. The first-order valence-corrected chi connectivity index (χ1v) is 6.31. The molecule has 2 heterocycles. The zero-order valence-electron chi connectivity index (χ0n) is 10.7. The Morgan fingerprint density at radius 2 is 2.00 bits per heavy atom. The smallest absolute Gasteiger partial charge is 0.170 e. The molecule has 0 saturated heterocycles. The number of H-pyrrole nitrogens is 1. The van der Waals surface area contributed by atoms with Crippen LogP contribution in [0.25, 0.3) is 16.9 Å². The Hall–Kier alpha value is -2.14. The van der Waals surface area contributed by atoms with Crippen LogP contribution in [0.5, 0.6) is 5.75 Å². The Bertz CT molecular complexity index is 787. The van der Waals surface area contributed by atoms with Crippen molar-refractivity contribution in [3.05, 3.63) is 46.7 Å². The Morgan fingerprint density at radius 3 is 2.68 bits per heavy atom. The molecule has 2 aromatic heterocycles. The molecule has 0 radical (unpaired) electrons. The summed E-state index contributed by atoms with van der Waals surface area (Å²) in [5.41, 5.74) is 3.81. The van der Waals surface area contributed by atoms with Crippen LogP contribution in [-0.2, 0) is 0 Å². The minimum atomic E-state index is 0.746. The highest BCUT2D eigenvalue weighted by Gasteiger charge is 2.07. The van der Waals surface area contributed by atoms with Gasteiger partial charge in [0.05, 0.1) is 23.5 Å². The number of aromatic nitrogens is 3. The van der Waals surface area contributed by atoms with Crippen molar-refractivity contribution in [3.8, 4) is 17.0 Å². The summed E-state index contributed by atoms with van der Waals surface area (Å²) in [5, 5.41) is 3.26. The Labute approximate surface area is 115 Å². The van der Waals surface area contributed by atoms with Crippen molar-refractivity contribution < 1.29 is 4.74 Å². The standard InChI is InChI=1S/C14H13N3OS/c1-9-7-13(19)14-15-8-12(17(14)16-9)10-3-5-11(18-2)6-4-10/h3-8,16H,1-2H3. The number of nitrogens with zero attached hydrogens (tertiary/aromatic N) is 2. The van der Waals surface area contributed by atoms with Crippen molar-refractivity contribution in [3.63, 3.8) is 0 Å². The highest BCUT2D eigenvalue weighted by molar-refractivity contribution is 7.71. The van der Waals surface area contributed by atoms with Crippen LogP contribution in [0.3, 0.4) is 0 Å². The number of methoxy groups -OCH3 is 1. The second kappa shape index (κ2) is 4.51. The number of benzene rings is 1. The van der Waals surface area contributed by atoms with Gasteiger partial charge in [-0.2, -0.15) is 0 Å². The third kappa shape index (κ3) is 2.02. The highest BCUT2D eigenvalue weighted by atomic mass is 32.1. The lowest BCUT2D eigenvalue weighted by molar-refractivity contribution is 0.415. The first-order valence-electron chi connectivity index (χ1n) is 5.91. The van der Waals surface area contributed by atoms with Gasteiger partial charge in [-0.3, -0.25) is 5.10 Å². The van der Waals surface area contributed by atoms with Crippen LogP contribution in [0, 0.1) is 11.4 Å². The first kappa shape index (κ1) is 11.9. The van der Waals surface area contributed by atoms with E-state index in [-0.39, 0.29) is 0 Å². The Morgan fingerprint density at radius 1 is 1.26 bits per heavy atom. The predicted octanol–water partition coefficient (Wildman–Crippen LogP) is 3.38. The molecule has 0 atom stereocenters. The molecular formula is C14H13N3OS. The van der Waals surface area contributed by atoms with Gasteiger partial charge in [0.25, 0.3) is 0 Å². The number of rotatable bonds is 2. The lowest BCUT2D eigenvalue weighted by atomic mass is 10.1. The van der Waals surface area contributed by atoms with E-state index in [0.717, 1.165) is 32.9 Å². The topological polar surface area (TPSA) is 42.3 Å². The van der Waals surface area contributed by atoms with Crippen molar-refractivity contribution in [1.29, 1.82) is 0 Å². The molecule has 0 unspecified atom stereocenters. The number of nitrogens with one attached hydrogen (secondary N) is 1. The normalized spacial score (nSPS) is 10.8. The van der Waals surface area contributed by atoms with Gasteiger partial charge in [0.15, 0.2) is 5.65 Å². The maximum atomic E-state index is 5.32. The zero-order valence-corrected chi connectivity index (χ0v) is 11.5. The van der Waals surface area contributed by atoms with Crippen LogP contribution < -0.4 is 4.74 Å². The maximum Gasteiger partial charge on any atom is 0.170 e. The Kier molecular flexibility index (Phi) is 2.83. The molecule has 3 rings (SSSR count). The molecular weight excluding hydrogens is 258 g/mol. The van der Waals surface area contributed by atoms with Crippen LogP contribution in [0.15, 0.2) is 36.5 Å². The van der Waals surface area contributed by atoms with Crippen LogP contribution >= 0.6 is 12.2 Å². The molecule has 0 saturated carbocycles. The van der Waals surface area contributed by atoms with Gasteiger partial charge in [-0.1, -0.05) is 12.2 Å². The van der Waals surface area contributed by atoms with Gasteiger partial charge in [-0.05, 0) is 37.3 Å². The molecule has 1 aromatic carbocycles. The second-order valence-electron chi connectivity index (χ2n) is 4.33. The molecule has 4 nitrogen and oxygen atoms in total. The van der Waals surface area contributed by atoms with Gasteiger partial charge in [-0.15, -0.1) is 0 Å². The number of aromatic amines is 1.